The van der Waals surface area contributed by atoms with E-state index in [-0.39, 0.29) is 11.8 Å². The third-order valence-electron chi connectivity index (χ3n) is 3.76. The molecular weight excluding hydrogens is 347 g/mol. The monoisotopic (exact) mass is 364 g/mol. The Labute approximate surface area is 150 Å². The fraction of sp³-hybridized carbons (Fsp3) is 0.222. The van der Waals surface area contributed by atoms with Gasteiger partial charge in [-0.25, -0.2) is 0 Å². The molecule has 126 valence electrons. The molecule has 2 amide bonds. The highest BCUT2D eigenvalue weighted by atomic mass is 35.5. The normalized spacial score (nSPS) is 11.8. The Bertz CT molecular complexity index is 791. The molecule has 0 radical (unpaired) electrons. The van der Waals surface area contributed by atoms with Crippen LogP contribution in [0.25, 0.3) is 0 Å². The first-order valence-electron chi connectivity index (χ1n) is 7.43. The summed E-state index contributed by atoms with van der Waals surface area (Å²) in [7, 11) is 0. The second-order valence-electron chi connectivity index (χ2n) is 5.72. The fourth-order valence-electron chi connectivity index (χ4n) is 2.34. The Morgan fingerprint density at radius 2 is 1.88 bits per heavy atom. The third kappa shape index (κ3) is 4.49. The summed E-state index contributed by atoms with van der Waals surface area (Å²) >= 11 is 12.0. The van der Waals surface area contributed by atoms with Crippen molar-refractivity contribution in [1.82, 2.24) is 0 Å². The first-order chi connectivity index (χ1) is 11.3. The predicted octanol–water partition coefficient (Wildman–Crippen LogP) is 4.22. The Kier molecular flexibility index (Phi) is 5.86. The molecule has 0 saturated heterocycles. The van der Waals surface area contributed by atoms with E-state index in [1.807, 2.05) is 13.0 Å². The van der Waals surface area contributed by atoms with E-state index in [0.717, 1.165) is 11.1 Å². The van der Waals surface area contributed by atoms with E-state index in [9.17, 15) is 9.59 Å². The molecular formula is C18H18Cl2N2O2. The maximum absolute atomic E-state index is 12.4. The van der Waals surface area contributed by atoms with E-state index >= 15 is 0 Å². The van der Waals surface area contributed by atoms with Gasteiger partial charge in [-0.2, -0.15) is 0 Å². The number of primary amides is 1. The lowest BCUT2D eigenvalue weighted by Crippen LogP contribution is -2.22. The third-order valence-corrected chi connectivity index (χ3v) is 4.35. The van der Waals surface area contributed by atoms with Crippen molar-refractivity contribution in [2.45, 2.75) is 20.3 Å². The lowest BCUT2D eigenvalue weighted by atomic mass is 10.00. The van der Waals surface area contributed by atoms with E-state index in [1.165, 1.54) is 0 Å². The summed E-state index contributed by atoms with van der Waals surface area (Å²) in [5.41, 5.74) is 7.87. The van der Waals surface area contributed by atoms with Crippen molar-refractivity contribution in [3.63, 3.8) is 0 Å². The highest BCUT2D eigenvalue weighted by Crippen LogP contribution is 2.24. The second-order valence-corrected chi connectivity index (χ2v) is 6.57. The van der Waals surface area contributed by atoms with Gasteiger partial charge in [0, 0.05) is 27.2 Å². The van der Waals surface area contributed by atoms with Gasteiger partial charge >= 0.3 is 0 Å². The number of amides is 2. The number of nitrogens with two attached hydrogens (primary N) is 1. The molecule has 0 aliphatic rings. The SMILES string of the molecule is Cc1ccc(NC(=O)C(C)Cc2ccc(Cl)cc2Cl)cc1C(N)=O. The smallest absolute Gasteiger partial charge is 0.249 e. The zero-order chi connectivity index (χ0) is 17.9. The summed E-state index contributed by atoms with van der Waals surface area (Å²) < 4.78 is 0. The topological polar surface area (TPSA) is 72.2 Å². The molecule has 1 atom stereocenters. The quantitative estimate of drug-likeness (QED) is 0.833. The van der Waals surface area contributed by atoms with Crippen molar-refractivity contribution in [3.8, 4) is 0 Å². The summed E-state index contributed by atoms with van der Waals surface area (Å²) in [5.74, 6) is -0.994. The standard InChI is InChI=1S/C18H18Cl2N2O2/c1-10-3-6-14(9-15(10)17(21)23)22-18(24)11(2)7-12-4-5-13(19)8-16(12)20/h3-6,8-9,11H,7H2,1-2H3,(H2,21,23)(H,22,24). The van der Waals surface area contributed by atoms with Gasteiger partial charge in [0.05, 0.1) is 0 Å². The number of carbonyl (C=O) groups excluding carboxylic acids is 2. The summed E-state index contributed by atoms with van der Waals surface area (Å²) in [4.78, 5) is 23.7. The van der Waals surface area contributed by atoms with Crippen molar-refractivity contribution in [2.75, 3.05) is 5.32 Å². The summed E-state index contributed by atoms with van der Waals surface area (Å²) in [5, 5.41) is 3.89. The molecule has 24 heavy (non-hydrogen) atoms. The Morgan fingerprint density at radius 3 is 2.50 bits per heavy atom. The minimum Gasteiger partial charge on any atom is -0.366 e. The summed E-state index contributed by atoms with van der Waals surface area (Å²) in [6.07, 6.45) is 0.483. The van der Waals surface area contributed by atoms with Gasteiger partial charge in [-0.1, -0.05) is 42.3 Å². The van der Waals surface area contributed by atoms with Crippen molar-refractivity contribution >= 4 is 40.7 Å². The number of hydrogen-bond acceptors (Lipinski definition) is 2. The minimum absolute atomic E-state index is 0.166. The van der Waals surface area contributed by atoms with Crippen molar-refractivity contribution < 1.29 is 9.59 Å². The van der Waals surface area contributed by atoms with Gasteiger partial charge in [-0.15, -0.1) is 0 Å². The van der Waals surface area contributed by atoms with Crippen LogP contribution in [0, 0.1) is 12.8 Å². The zero-order valence-electron chi connectivity index (χ0n) is 13.4. The molecule has 0 heterocycles. The van der Waals surface area contributed by atoms with Gasteiger partial charge < -0.3 is 11.1 Å². The van der Waals surface area contributed by atoms with E-state index in [0.29, 0.717) is 27.7 Å². The molecule has 6 heteroatoms. The number of aryl methyl sites for hydroxylation is 1. The number of benzene rings is 2. The molecule has 0 aliphatic heterocycles. The number of hydrogen-bond donors (Lipinski definition) is 2. The predicted molar refractivity (Wildman–Crippen MR) is 97.7 cm³/mol. The highest BCUT2D eigenvalue weighted by molar-refractivity contribution is 6.35. The van der Waals surface area contributed by atoms with Crippen LogP contribution in [0.5, 0.6) is 0 Å². The number of nitrogens with one attached hydrogen (secondary N) is 1. The molecule has 2 aromatic rings. The largest absolute Gasteiger partial charge is 0.366 e. The summed E-state index contributed by atoms with van der Waals surface area (Å²) in [6.45, 7) is 3.60. The molecule has 0 fully saturated rings. The van der Waals surface area contributed by atoms with Crippen molar-refractivity contribution in [1.29, 1.82) is 0 Å². The molecule has 4 nitrogen and oxygen atoms in total. The van der Waals surface area contributed by atoms with Crippen LogP contribution in [0.2, 0.25) is 10.0 Å². The summed E-state index contributed by atoms with van der Waals surface area (Å²) in [6, 6.07) is 10.3. The van der Waals surface area contributed by atoms with Crippen molar-refractivity contribution in [3.05, 3.63) is 63.1 Å². The van der Waals surface area contributed by atoms with Crippen LogP contribution in [0.15, 0.2) is 36.4 Å². The van der Waals surface area contributed by atoms with Gasteiger partial charge in [-0.3, -0.25) is 9.59 Å². The Hall–Kier alpha value is -2.04. The zero-order valence-corrected chi connectivity index (χ0v) is 14.9. The minimum atomic E-state index is -0.524. The van der Waals surface area contributed by atoms with Crippen LogP contribution >= 0.6 is 23.2 Å². The average Bonchev–Trinajstić information content (AvgIpc) is 2.51. The molecule has 0 bridgehead atoms. The van der Waals surface area contributed by atoms with Gasteiger partial charge in [-0.05, 0) is 48.7 Å². The first kappa shape index (κ1) is 18.3. The van der Waals surface area contributed by atoms with Crippen LogP contribution in [0.1, 0.15) is 28.4 Å². The molecule has 2 rings (SSSR count). The molecule has 0 spiro atoms. The lowest BCUT2D eigenvalue weighted by molar-refractivity contribution is -0.119. The van der Waals surface area contributed by atoms with Gasteiger partial charge in [0.2, 0.25) is 11.8 Å². The number of rotatable bonds is 5. The van der Waals surface area contributed by atoms with E-state index in [4.69, 9.17) is 28.9 Å². The lowest BCUT2D eigenvalue weighted by Gasteiger charge is -2.14. The Balaban J connectivity index is 2.09. The highest BCUT2D eigenvalue weighted by Gasteiger charge is 2.16. The van der Waals surface area contributed by atoms with E-state index < -0.39 is 5.91 Å². The molecule has 3 N–H and O–H groups in total. The van der Waals surface area contributed by atoms with Gasteiger partial charge in [0.15, 0.2) is 0 Å². The van der Waals surface area contributed by atoms with Crippen LogP contribution in [-0.2, 0) is 11.2 Å². The molecule has 0 saturated carbocycles. The van der Waals surface area contributed by atoms with Crippen LogP contribution in [0.4, 0.5) is 5.69 Å². The molecule has 2 aromatic carbocycles. The van der Waals surface area contributed by atoms with Crippen molar-refractivity contribution in [2.24, 2.45) is 11.7 Å². The maximum Gasteiger partial charge on any atom is 0.249 e. The number of carbonyl (C=O) groups is 2. The van der Waals surface area contributed by atoms with Gasteiger partial charge in [0.1, 0.15) is 0 Å². The first-order valence-corrected chi connectivity index (χ1v) is 8.18. The molecule has 0 aliphatic carbocycles. The van der Waals surface area contributed by atoms with Crippen LogP contribution < -0.4 is 11.1 Å². The second kappa shape index (κ2) is 7.69. The average molecular weight is 365 g/mol. The van der Waals surface area contributed by atoms with Crippen LogP contribution in [0.3, 0.4) is 0 Å². The Morgan fingerprint density at radius 1 is 1.17 bits per heavy atom. The van der Waals surface area contributed by atoms with Crippen LogP contribution in [-0.4, -0.2) is 11.8 Å². The van der Waals surface area contributed by atoms with E-state index in [1.54, 1.807) is 37.3 Å². The molecule has 0 aromatic heterocycles. The fourth-order valence-corrected chi connectivity index (χ4v) is 2.83. The van der Waals surface area contributed by atoms with Gasteiger partial charge in [0.25, 0.3) is 0 Å². The number of halogens is 2. The maximum atomic E-state index is 12.4. The van der Waals surface area contributed by atoms with E-state index in [2.05, 4.69) is 5.32 Å². The number of anilines is 1. The molecule has 1 unspecified atom stereocenters.